The first-order valence-corrected chi connectivity index (χ1v) is 23.4. The number of hydrogen-bond acceptors (Lipinski definition) is 4. The van der Waals surface area contributed by atoms with Crippen molar-refractivity contribution in [3.63, 3.8) is 0 Å². The van der Waals surface area contributed by atoms with Gasteiger partial charge in [-0.1, -0.05) is 243 Å². The van der Waals surface area contributed by atoms with Crippen LogP contribution in [0.1, 0.15) is 0 Å². The highest BCUT2D eigenvalue weighted by Crippen LogP contribution is 2.58. The molecule has 0 atom stereocenters. The minimum absolute atomic E-state index is 0.765. The Morgan fingerprint density at radius 2 is 0.612 bits per heavy atom. The number of hydrogen-bond donors (Lipinski definition) is 0. The smallest absolute Gasteiger partial charge is 0.106 e. The maximum atomic E-state index is 5.33. The Labute approximate surface area is 394 Å². The van der Waals surface area contributed by atoms with E-state index in [1.54, 1.807) is 0 Å². The van der Waals surface area contributed by atoms with Gasteiger partial charge in [0.2, 0.25) is 0 Å². The Morgan fingerprint density at radius 1 is 0.254 bits per heavy atom. The van der Waals surface area contributed by atoms with Crippen molar-refractivity contribution in [1.29, 1.82) is 0 Å². The minimum atomic E-state index is 0.765. The molecule has 0 saturated carbocycles. The van der Waals surface area contributed by atoms with Crippen LogP contribution in [0.15, 0.2) is 249 Å². The molecule has 0 N–H and O–H groups in total. The average Bonchev–Trinajstić information content (AvgIpc) is 3.80. The first kappa shape index (κ1) is 40.0. The van der Waals surface area contributed by atoms with E-state index in [0.29, 0.717) is 0 Å². The van der Waals surface area contributed by atoms with Crippen LogP contribution >= 0.6 is 11.3 Å². The van der Waals surface area contributed by atoms with Crippen molar-refractivity contribution in [2.75, 3.05) is 0 Å². The van der Waals surface area contributed by atoms with Gasteiger partial charge in [-0.3, -0.25) is 0 Å². The van der Waals surface area contributed by atoms with Gasteiger partial charge in [0.25, 0.3) is 0 Å². The Balaban J connectivity index is 1.37. The molecule has 0 aliphatic heterocycles. The van der Waals surface area contributed by atoms with E-state index in [4.69, 9.17) is 15.4 Å². The lowest BCUT2D eigenvalue weighted by Crippen LogP contribution is -2.04. The summed E-state index contributed by atoms with van der Waals surface area (Å²) in [6, 6.07) is 89.0. The molecule has 2 heterocycles. The van der Waals surface area contributed by atoms with Crippen LogP contribution in [0, 0.1) is 0 Å². The van der Waals surface area contributed by atoms with Gasteiger partial charge in [-0.05, 0) is 66.9 Å². The monoisotopic (exact) mass is 871 g/mol. The van der Waals surface area contributed by atoms with E-state index >= 15 is 0 Å². The van der Waals surface area contributed by atoms with Gasteiger partial charge in [-0.2, -0.15) is 0 Å². The largest absolute Gasteiger partial charge is 0.134 e. The third-order valence-corrected chi connectivity index (χ3v) is 14.0. The van der Waals surface area contributed by atoms with E-state index < -0.39 is 0 Å². The SMILES string of the molecule is c1ccc(-c2ccccc2-c2c(-c3ccccc3)nnnc2-c2c(-c3ccccc3-c3ccccc3)c(-c3ccccc3-c3ccccc3)c(-c3ccccc3)c3sc4ccccc4c23)cc1. The zero-order valence-electron chi connectivity index (χ0n) is 36.4. The first-order chi connectivity index (χ1) is 33.3. The molecule has 0 unspecified atom stereocenters. The van der Waals surface area contributed by atoms with E-state index in [1.165, 1.54) is 15.0 Å². The molecule has 0 aliphatic rings. The van der Waals surface area contributed by atoms with Crippen molar-refractivity contribution >= 4 is 31.5 Å². The Kier molecular flexibility index (Phi) is 10.4. The van der Waals surface area contributed by atoms with Crippen LogP contribution in [0.5, 0.6) is 0 Å². The van der Waals surface area contributed by atoms with Gasteiger partial charge in [0.1, 0.15) is 11.4 Å². The maximum Gasteiger partial charge on any atom is 0.106 e. The highest BCUT2D eigenvalue weighted by molar-refractivity contribution is 7.26. The van der Waals surface area contributed by atoms with Crippen LogP contribution in [0.3, 0.4) is 0 Å². The van der Waals surface area contributed by atoms with Gasteiger partial charge in [-0.15, -0.1) is 21.5 Å². The number of thiophene rings is 1. The summed E-state index contributed by atoms with van der Waals surface area (Å²) >= 11 is 1.85. The molecule has 67 heavy (non-hydrogen) atoms. The zero-order valence-corrected chi connectivity index (χ0v) is 37.2. The predicted octanol–water partition coefficient (Wildman–Crippen LogP) is 17.2. The van der Waals surface area contributed by atoms with Gasteiger partial charge in [0, 0.05) is 53.6 Å². The number of nitrogens with zero attached hydrogens (tertiary/aromatic N) is 3. The van der Waals surface area contributed by atoms with Crippen LogP contribution in [0.2, 0.25) is 0 Å². The number of benzene rings is 10. The van der Waals surface area contributed by atoms with Crippen LogP contribution in [0.4, 0.5) is 0 Å². The van der Waals surface area contributed by atoms with Crippen LogP contribution in [0.25, 0.3) is 121 Å². The molecule has 0 aliphatic carbocycles. The topological polar surface area (TPSA) is 38.7 Å². The van der Waals surface area contributed by atoms with Crippen molar-refractivity contribution in [3.8, 4) is 100 Å². The number of fused-ring (bicyclic) bond motifs is 3. The lowest BCUT2D eigenvalue weighted by molar-refractivity contribution is 0.879. The van der Waals surface area contributed by atoms with E-state index in [9.17, 15) is 0 Å². The standard InChI is InChI=1S/C63H41N3S/c1-6-24-42(25-7-1)47-34-16-19-37-50(47)56-55(45-30-12-4-13-31-45)63-58(53-40-22-23-41-54(53)67-63)60(57(56)51-38-20-17-35-48(51)43-26-8-2-9-27-43)62-59(61(64-66-65-62)46-32-14-5-15-33-46)52-39-21-18-36-49(52)44-28-10-3-11-29-44/h1-41H. The third-order valence-electron chi connectivity index (χ3n) is 12.8. The van der Waals surface area contributed by atoms with Gasteiger partial charge in [-0.25, -0.2) is 0 Å². The molecular formula is C63H41N3S. The zero-order chi connectivity index (χ0) is 44.5. The third kappa shape index (κ3) is 7.12. The molecule has 3 nitrogen and oxygen atoms in total. The summed E-state index contributed by atoms with van der Waals surface area (Å²) in [4.78, 5) is 0. The fourth-order valence-electron chi connectivity index (χ4n) is 9.88. The summed E-state index contributed by atoms with van der Waals surface area (Å²) in [6.07, 6.45) is 0. The molecule has 12 aromatic rings. The Hall–Kier alpha value is -8.57. The molecule has 0 radical (unpaired) electrons. The lowest BCUT2D eigenvalue weighted by atomic mass is 9.77. The summed E-state index contributed by atoms with van der Waals surface area (Å²) in [5.74, 6) is 0. The van der Waals surface area contributed by atoms with E-state index in [-0.39, 0.29) is 0 Å². The summed E-state index contributed by atoms with van der Waals surface area (Å²) in [7, 11) is 0. The van der Waals surface area contributed by atoms with Gasteiger partial charge < -0.3 is 0 Å². The maximum absolute atomic E-state index is 5.33. The van der Waals surface area contributed by atoms with Crippen molar-refractivity contribution in [1.82, 2.24) is 15.4 Å². The molecular weight excluding hydrogens is 831 g/mol. The molecule has 12 rings (SSSR count). The van der Waals surface area contributed by atoms with Gasteiger partial charge in [0.15, 0.2) is 0 Å². The fourth-order valence-corrected chi connectivity index (χ4v) is 11.2. The summed E-state index contributed by atoms with van der Waals surface area (Å²) in [5.41, 5.74) is 18.9. The Bertz CT molecular complexity index is 3720. The van der Waals surface area contributed by atoms with Crippen molar-refractivity contribution in [2.45, 2.75) is 0 Å². The fraction of sp³-hybridized carbons (Fsp3) is 0. The predicted molar refractivity (Wildman–Crippen MR) is 282 cm³/mol. The van der Waals surface area contributed by atoms with Crippen LogP contribution in [-0.4, -0.2) is 15.4 Å². The molecule has 314 valence electrons. The van der Waals surface area contributed by atoms with E-state index in [0.717, 1.165) is 106 Å². The average molecular weight is 872 g/mol. The van der Waals surface area contributed by atoms with Gasteiger partial charge in [0.05, 0.1) is 0 Å². The molecule has 0 amide bonds. The Morgan fingerprint density at radius 3 is 1.10 bits per heavy atom. The second-order valence-electron chi connectivity index (χ2n) is 16.6. The van der Waals surface area contributed by atoms with Crippen LogP contribution in [-0.2, 0) is 0 Å². The normalized spacial score (nSPS) is 11.3. The van der Waals surface area contributed by atoms with E-state index in [1.807, 2.05) is 11.3 Å². The first-order valence-electron chi connectivity index (χ1n) is 22.6. The second-order valence-corrected chi connectivity index (χ2v) is 17.7. The van der Waals surface area contributed by atoms with E-state index in [2.05, 4.69) is 249 Å². The molecule has 0 fully saturated rings. The summed E-state index contributed by atoms with van der Waals surface area (Å²) < 4.78 is 2.38. The van der Waals surface area contributed by atoms with Crippen molar-refractivity contribution < 1.29 is 0 Å². The van der Waals surface area contributed by atoms with Crippen molar-refractivity contribution in [2.24, 2.45) is 0 Å². The highest BCUT2D eigenvalue weighted by Gasteiger charge is 2.32. The highest BCUT2D eigenvalue weighted by atomic mass is 32.1. The van der Waals surface area contributed by atoms with Gasteiger partial charge >= 0.3 is 0 Å². The lowest BCUT2D eigenvalue weighted by Gasteiger charge is -2.26. The summed E-state index contributed by atoms with van der Waals surface area (Å²) in [6.45, 7) is 0. The minimum Gasteiger partial charge on any atom is -0.134 e. The second kappa shape index (κ2) is 17.4. The van der Waals surface area contributed by atoms with Crippen molar-refractivity contribution in [3.05, 3.63) is 249 Å². The molecule has 0 saturated heterocycles. The van der Waals surface area contributed by atoms with Crippen LogP contribution < -0.4 is 0 Å². The molecule has 4 heteroatoms. The molecule has 2 aromatic heterocycles. The molecule has 0 bridgehead atoms. The summed E-state index contributed by atoms with van der Waals surface area (Å²) in [5, 5.41) is 17.4. The number of aromatic nitrogens is 3. The molecule has 0 spiro atoms. The number of rotatable bonds is 9. The molecule has 10 aromatic carbocycles. The quantitative estimate of drug-likeness (QED) is 0.145.